The summed E-state index contributed by atoms with van der Waals surface area (Å²) in [5.74, 6) is -0.680. The standard InChI is InChI=1S/C10H13FN4O2/c11-8-5-7(6-13-9(8)12)14-1-3-15(4-2-14)10(16)17/h5-6H,1-4H2,(H2,12,13)(H,16,17). The Bertz CT molecular complexity index is 432. The maximum absolute atomic E-state index is 13.2. The Kier molecular flexibility index (Phi) is 2.99. The molecule has 2 rings (SSSR count). The normalized spacial score (nSPS) is 16.1. The summed E-state index contributed by atoms with van der Waals surface area (Å²) in [6.07, 6.45) is 0.570. The topological polar surface area (TPSA) is 82.7 Å². The van der Waals surface area contributed by atoms with Crippen LogP contribution in [0.25, 0.3) is 0 Å². The molecule has 0 aliphatic carbocycles. The van der Waals surface area contributed by atoms with Crippen LogP contribution >= 0.6 is 0 Å². The molecule has 0 unspecified atom stereocenters. The van der Waals surface area contributed by atoms with Crippen molar-refractivity contribution in [2.75, 3.05) is 36.8 Å². The van der Waals surface area contributed by atoms with Crippen molar-refractivity contribution in [2.24, 2.45) is 0 Å². The van der Waals surface area contributed by atoms with E-state index in [0.717, 1.165) is 0 Å². The Morgan fingerprint density at radius 1 is 1.41 bits per heavy atom. The second kappa shape index (κ2) is 4.44. The third-order valence-electron chi connectivity index (χ3n) is 2.77. The number of aromatic nitrogens is 1. The van der Waals surface area contributed by atoms with Crippen molar-refractivity contribution in [3.8, 4) is 0 Å². The number of rotatable bonds is 1. The van der Waals surface area contributed by atoms with Gasteiger partial charge in [-0.1, -0.05) is 0 Å². The van der Waals surface area contributed by atoms with Crippen LogP contribution < -0.4 is 10.6 Å². The summed E-state index contributed by atoms with van der Waals surface area (Å²) < 4.78 is 13.2. The minimum Gasteiger partial charge on any atom is -0.465 e. The lowest BCUT2D eigenvalue weighted by molar-refractivity contribution is 0.142. The molecule has 0 aromatic carbocycles. The predicted molar refractivity (Wildman–Crippen MR) is 60.4 cm³/mol. The van der Waals surface area contributed by atoms with E-state index in [9.17, 15) is 9.18 Å². The van der Waals surface area contributed by atoms with Gasteiger partial charge in [-0.15, -0.1) is 0 Å². The van der Waals surface area contributed by atoms with Crippen molar-refractivity contribution in [2.45, 2.75) is 0 Å². The van der Waals surface area contributed by atoms with Crippen molar-refractivity contribution in [1.29, 1.82) is 0 Å². The summed E-state index contributed by atoms with van der Waals surface area (Å²) >= 11 is 0. The average molecular weight is 240 g/mol. The maximum Gasteiger partial charge on any atom is 0.407 e. The van der Waals surface area contributed by atoms with Crippen LogP contribution in [0, 0.1) is 5.82 Å². The number of hydrogen-bond acceptors (Lipinski definition) is 4. The number of anilines is 2. The smallest absolute Gasteiger partial charge is 0.407 e. The lowest BCUT2D eigenvalue weighted by Gasteiger charge is -2.34. The molecule has 1 aliphatic rings. The van der Waals surface area contributed by atoms with Crippen LogP contribution in [0.2, 0.25) is 0 Å². The monoisotopic (exact) mass is 240 g/mol. The molecule has 7 heteroatoms. The maximum atomic E-state index is 13.2. The predicted octanol–water partition coefficient (Wildman–Crippen LogP) is 0.603. The van der Waals surface area contributed by atoms with Gasteiger partial charge < -0.3 is 20.6 Å². The molecule has 1 amide bonds. The molecule has 1 aromatic rings. The Morgan fingerprint density at radius 3 is 2.59 bits per heavy atom. The van der Waals surface area contributed by atoms with Gasteiger partial charge in [-0.3, -0.25) is 0 Å². The first-order valence-electron chi connectivity index (χ1n) is 5.22. The van der Waals surface area contributed by atoms with E-state index in [1.807, 2.05) is 4.90 Å². The quantitative estimate of drug-likeness (QED) is 0.751. The average Bonchev–Trinajstić information content (AvgIpc) is 2.33. The van der Waals surface area contributed by atoms with Gasteiger partial charge in [-0.05, 0) is 0 Å². The van der Waals surface area contributed by atoms with Gasteiger partial charge in [0, 0.05) is 32.2 Å². The molecular formula is C10H13FN4O2. The number of carbonyl (C=O) groups is 1. The molecule has 0 spiro atoms. The largest absolute Gasteiger partial charge is 0.465 e. The van der Waals surface area contributed by atoms with Crippen LogP contribution in [0.15, 0.2) is 12.3 Å². The van der Waals surface area contributed by atoms with Crippen molar-refractivity contribution in [3.63, 3.8) is 0 Å². The fourth-order valence-electron chi connectivity index (χ4n) is 1.77. The van der Waals surface area contributed by atoms with E-state index < -0.39 is 11.9 Å². The third kappa shape index (κ3) is 2.38. The number of nitrogen functional groups attached to an aromatic ring is 1. The molecule has 3 N–H and O–H groups in total. The molecule has 6 nitrogen and oxygen atoms in total. The first-order chi connectivity index (χ1) is 8.08. The van der Waals surface area contributed by atoms with E-state index in [0.29, 0.717) is 31.9 Å². The first-order valence-corrected chi connectivity index (χ1v) is 5.22. The zero-order valence-corrected chi connectivity index (χ0v) is 9.14. The second-order valence-electron chi connectivity index (χ2n) is 3.82. The first kappa shape index (κ1) is 11.4. The van der Waals surface area contributed by atoms with Crippen molar-refractivity contribution in [3.05, 3.63) is 18.1 Å². The number of carboxylic acid groups (broad SMARTS) is 1. The number of halogens is 1. The number of piperazine rings is 1. The highest BCUT2D eigenvalue weighted by Gasteiger charge is 2.21. The molecule has 0 atom stereocenters. The second-order valence-corrected chi connectivity index (χ2v) is 3.82. The molecule has 0 radical (unpaired) electrons. The Hall–Kier alpha value is -2.05. The number of hydrogen-bond donors (Lipinski definition) is 2. The molecule has 0 bridgehead atoms. The lowest BCUT2D eigenvalue weighted by Crippen LogP contribution is -2.48. The lowest BCUT2D eigenvalue weighted by atomic mass is 10.3. The van der Waals surface area contributed by atoms with Crippen LogP contribution in [0.5, 0.6) is 0 Å². The van der Waals surface area contributed by atoms with E-state index in [1.54, 1.807) is 0 Å². The van der Waals surface area contributed by atoms with Crippen molar-refractivity contribution < 1.29 is 14.3 Å². The molecule has 2 heterocycles. The summed E-state index contributed by atoms with van der Waals surface area (Å²) in [7, 11) is 0. The van der Waals surface area contributed by atoms with Crippen LogP contribution in [0.3, 0.4) is 0 Å². The Balaban J connectivity index is 2.05. The number of amides is 1. The summed E-state index contributed by atoms with van der Waals surface area (Å²) in [5, 5.41) is 8.79. The highest BCUT2D eigenvalue weighted by atomic mass is 19.1. The molecule has 1 aromatic heterocycles. The Labute approximate surface area is 97.5 Å². The highest BCUT2D eigenvalue weighted by Crippen LogP contribution is 2.18. The van der Waals surface area contributed by atoms with Gasteiger partial charge in [0.25, 0.3) is 0 Å². The van der Waals surface area contributed by atoms with Crippen LogP contribution in [0.4, 0.5) is 20.7 Å². The number of nitrogens with two attached hydrogens (primary N) is 1. The molecule has 1 aliphatic heterocycles. The fourth-order valence-corrected chi connectivity index (χ4v) is 1.77. The third-order valence-corrected chi connectivity index (χ3v) is 2.77. The number of nitrogens with zero attached hydrogens (tertiary/aromatic N) is 3. The molecule has 0 saturated carbocycles. The summed E-state index contributed by atoms with van der Waals surface area (Å²) in [5.41, 5.74) is 5.92. The van der Waals surface area contributed by atoms with Crippen molar-refractivity contribution >= 4 is 17.6 Å². The molecule has 1 saturated heterocycles. The zero-order valence-electron chi connectivity index (χ0n) is 9.14. The SMILES string of the molecule is Nc1ncc(N2CCN(C(=O)O)CC2)cc1F. The van der Waals surface area contributed by atoms with Gasteiger partial charge in [-0.2, -0.15) is 0 Å². The van der Waals surface area contributed by atoms with Gasteiger partial charge >= 0.3 is 6.09 Å². The van der Waals surface area contributed by atoms with Crippen LogP contribution in [0.1, 0.15) is 0 Å². The van der Waals surface area contributed by atoms with E-state index in [2.05, 4.69) is 4.98 Å². The summed E-state index contributed by atoms with van der Waals surface area (Å²) in [6.45, 7) is 1.86. The minimum atomic E-state index is -0.925. The van der Waals surface area contributed by atoms with Gasteiger partial charge in [0.05, 0.1) is 11.9 Å². The zero-order chi connectivity index (χ0) is 12.4. The number of pyridine rings is 1. The summed E-state index contributed by atoms with van der Waals surface area (Å²) in [6, 6.07) is 1.32. The molecule has 17 heavy (non-hydrogen) atoms. The van der Waals surface area contributed by atoms with Gasteiger partial charge in [0.2, 0.25) is 0 Å². The Morgan fingerprint density at radius 2 is 2.06 bits per heavy atom. The van der Waals surface area contributed by atoms with Gasteiger partial charge in [0.1, 0.15) is 0 Å². The van der Waals surface area contributed by atoms with E-state index in [1.165, 1.54) is 17.2 Å². The van der Waals surface area contributed by atoms with Crippen LogP contribution in [-0.2, 0) is 0 Å². The van der Waals surface area contributed by atoms with Crippen molar-refractivity contribution in [1.82, 2.24) is 9.88 Å². The van der Waals surface area contributed by atoms with E-state index in [-0.39, 0.29) is 5.82 Å². The molecular weight excluding hydrogens is 227 g/mol. The summed E-state index contributed by atoms with van der Waals surface area (Å²) in [4.78, 5) is 17.7. The highest BCUT2D eigenvalue weighted by molar-refractivity contribution is 5.65. The molecule has 92 valence electrons. The minimum absolute atomic E-state index is 0.127. The van der Waals surface area contributed by atoms with E-state index in [4.69, 9.17) is 10.8 Å². The van der Waals surface area contributed by atoms with Gasteiger partial charge in [0.15, 0.2) is 11.6 Å². The molecule has 1 fully saturated rings. The van der Waals surface area contributed by atoms with Gasteiger partial charge in [-0.25, -0.2) is 14.2 Å². The van der Waals surface area contributed by atoms with Crippen LogP contribution in [-0.4, -0.2) is 47.3 Å². The van der Waals surface area contributed by atoms with E-state index >= 15 is 0 Å². The fraction of sp³-hybridized carbons (Fsp3) is 0.400.